The first-order chi connectivity index (χ1) is 12.9. The molecule has 0 spiro atoms. The van der Waals surface area contributed by atoms with E-state index in [1.54, 1.807) is 57.4 Å². The van der Waals surface area contributed by atoms with Gasteiger partial charge in [-0.3, -0.25) is 4.79 Å². The largest absolute Gasteiger partial charge is 0.494 e. The smallest absolute Gasteiger partial charge is 0.414 e. The third kappa shape index (κ3) is 6.11. The zero-order valence-corrected chi connectivity index (χ0v) is 16.2. The second-order valence-electron chi connectivity index (χ2n) is 6.39. The number of rotatable bonds is 8. The van der Waals surface area contributed by atoms with E-state index in [-0.39, 0.29) is 11.8 Å². The molecule has 0 saturated heterocycles. The molecule has 2 aromatic rings. The molecule has 6 nitrogen and oxygen atoms in total. The van der Waals surface area contributed by atoms with Crippen molar-refractivity contribution in [3.05, 3.63) is 59.7 Å². The lowest BCUT2D eigenvalue weighted by molar-refractivity contribution is 0.101. The van der Waals surface area contributed by atoms with E-state index in [9.17, 15) is 9.59 Å². The second kappa shape index (κ2) is 9.73. The van der Waals surface area contributed by atoms with Crippen LogP contribution in [0.2, 0.25) is 0 Å². The predicted octanol–water partition coefficient (Wildman–Crippen LogP) is 3.68. The monoisotopic (exact) mass is 370 g/mol. The van der Waals surface area contributed by atoms with E-state index in [0.29, 0.717) is 17.9 Å². The molecule has 1 atom stereocenters. The maximum absolute atomic E-state index is 11.6. The fourth-order valence-corrected chi connectivity index (χ4v) is 2.52. The molecule has 0 heterocycles. The summed E-state index contributed by atoms with van der Waals surface area (Å²) in [5.41, 5.74) is 1.75. The van der Waals surface area contributed by atoms with Gasteiger partial charge in [-0.1, -0.05) is 12.1 Å². The van der Waals surface area contributed by atoms with E-state index in [4.69, 9.17) is 9.47 Å². The van der Waals surface area contributed by atoms with Gasteiger partial charge >= 0.3 is 6.09 Å². The quantitative estimate of drug-likeness (QED) is 0.718. The van der Waals surface area contributed by atoms with E-state index >= 15 is 0 Å². The van der Waals surface area contributed by atoms with Crippen molar-refractivity contribution in [1.82, 2.24) is 10.2 Å². The summed E-state index contributed by atoms with van der Waals surface area (Å²) in [6.45, 7) is 2.07. The van der Waals surface area contributed by atoms with E-state index in [2.05, 4.69) is 5.32 Å². The Labute approximate surface area is 160 Å². The van der Waals surface area contributed by atoms with Gasteiger partial charge in [0.2, 0.25) is 0 Å². The molecule has 0 fully saturated rings. The summed E-state index contributed by atoms with van der Waals surface area (Å²) in [6, 6.07) is 14.7. The molecule has 1 amide bonds. The van der Waals surface area contributed by atoms with Gasteiger partial charge in [-0.25, -0.2) is 4.79 Å². The van der Waals surface area contributed by atoms with Crippen LogP contribution in [0.5, 0.6) is 11.5 Å². The molecule has 1 unspecified atom stereocenters. The van der Waals surface area contributed by atoms with Crippen molar-refractivity contribution in [2.75, 3.05) is 27.7 Å². The molecule has 2 aromatic carbocycles. The average Bonchev–Trinajstić information content (AvgIpc) is 2.66. The van der Waals surface area contributed by atoms with Gasteiger partial charge in [-0.15, -0.1) is 0 Å². The van der Waals surface area contributed by atoms with Gasteiger partial charge in [-0.05, 0) is 55.9 Å². The first-order valence-electron chi connectivity index (χ1n) is 8.81. The van der Waals surface area contributed by atoms with Crippen LogP contribution in [0.25, 0.3) is 0 Å². The van der Waals surface area contributed by atoms with Gasteiger partial charge in [0.25, 0.3) is 0 Å². The highest BCUT2D eigenvalue weighted by Crippen LogP contribution is 2.21. The van der Waals surface area contributed by atoms with Gasteiger partial charge in [0.1, 0.15) is 11.5 Å². The third-order valence-electron chi connectivity index (χ3n) is 4.14. The van der Waals surface area contributed by atoms with Gasteiger partial charge < -0.3 is 19.7 Å². The molecule has 2 rings (SSSR count). The van der Waals surface area contributed by atoms with Crippen molar-refractivity contribution >= 4 is 11.9 Å². The molecule has 0 aromatic heterocycles. The Balaban J connectivity index is 1.89. The maximum atomic E-state index is 11.6. The summed E-state index contributed by atoms with van der Waals surface area (Å²) in [6.07, 6.45) is 0.360. The lowest BCUT2D eigenvalue weighted by Gasteiger charge is -2.18. The fourth-order valence-electron chi connectivity index (χ4n) is 2.52. The second-order valence-corrected chi connectivity index (χ2v) is 6.39. The van der Waals surface area contributed by atoms with Crippen molar-refractivity contribution in [1.29, 1.82) is 0 Å². The summed E-state index contributed by atoms with van der Waals surface area (Å²) in [5, 5.41) is 3.27. The predicted molar refractivity (Wildman–Crippen MR) is 105 cm³/mol. The number of amides is 1. The SMILES string of the molecule is CNC(CCOc1ccc(C(C)=O)cc1)c1ccc(OC(=O)N(C)C)cc1. The summed E-state index contributed by atoms with van der Waals surface area (Å²) in [5.74, 6) is 1.28. The summed E-state index contributed by atoms with van der Waals surface area (Å²) >= 11 is 0. The molecule has 0 radical (unpaired) electrons. The molecule has 6 heteroatoms. The number of benzene rings is 2. The minimum Gasteiger partial charge on any atom is -0.494 e. The van der Waals surface area contributed by atoms with Crippen molar-refractivity contribution in [3.63, 3.8) is 0 Å². The highest BCUT2D eigenvalue weighted by atomic mass is 16.6. The molecule has 27 heavy (non-hydrogen) atoms. The van der Waals surface area contributed by atoms with E-state index in [0.717, 1.165) is 17.7 Å². The number of nitrogens with one attached hydrogen (secondary N) is 1. The highest BCUT2D eigenvalue weighted by molar-refractivity contribution is 5.94. The van der Waals surface area contributed by atoms with E-state index in [1.807, 2.05) is 19.2 Å². The van der Waals surface area contributed by atoms with Crippen LogP contribution in [-0.4, -0.2) is 44.5 Å². The van der Waals surface area contributed by atoms with Crippen LogP contribution in [0, 0.1) is 0 Å². The van der Waals surface area contributed by atoms with Crippen LogP contribution >= 0.6 is 0 Å². The van der Waals surface area contributed by atoms with Crippen LogP contribution in [0.15, 0.2) is 48.5 Å². The van der Waals surface area contributed by atoms with Crippen molar-refractivity contribution in [2.24, 2.45) is 0 Å². The molecule has 144 valence electrons. The van der Waals surface area contributed by atoms with Gasteiger partial charge in [0.05, 0.1) is 6.61 Å². The Hall–Kier alpha value is -2.86. The number of hydrogen-bond acceptors (Lipinski definition) is 5. The first kappa shape index (κ1) is 20.5. The number of nitrogens with zero attached hydrogens (tertiary/aromatic N) is 1. The summed E-state index contributed by atoms with van der Waals surface area (Å²) in [7, 11) is 5.18. The fraction of sp³-hybridized carbons (Fsp3) is 0.333. The number of ether oxygens (including phenoxy) is 2. The molecule has 0 saturated carbocycles. The Morgan fingerprint density at radius 1 is 1.00 bits per heavy atom. The topological polar surface area (TPSA) is 67.9 Å². The van der Waals surface area contributed by atoms with E-state index in [1.165, 1.54) is 4.90 Å². The van der Waals surface area contributed by atoms with Gasteiger partial charge in [-0.2, -0.15) is 0 Å². The molecule has 0 bridgehead atoms. The van der Waals surface area contributed by atoms with Crippen molar-refractivity contribution in [2.45, 2.75) is 19.4 Å². The molecule has 0 aliphatic rings. The Morgan fingerprint density at radius 3 is 2.11 bits per heavy atom. The Morgan fingerprint density at radius 2 is 1.59 bits per heavy atom. The Kier molecular flexibility index (Phi) is 7.37. The van der Waals surface area contributed by atoms with Crippen LogP contribution < -0.4 is 14.8 Å². The minimum absolute atomic E-state index is 0.0384. The minimum atomic E-state index is -0.405. The van der Waals surface area contributed by atoms with Gasteiger partial charge in [0.15, 0.2) is 5.78 Å². The zero-order chi connectivity index (χ0) is 19.8. The summed E-state index contributed by atoms with van der Waals surface area (Å²) < 4.78 is 11.0. The van der Waals surface area contributed by atoms with Crippen LogP contribution in [0.4, 0.5) is 4.79 Å². The number of hydrogen-bond donors (Lipinski definition) is 1. The zero-order valence-electron chi connectivity index (χ0n) is 16.2. The summed E-state index contributed by atoms with van der Waals surface area (Å²) in [4.78, 5) is 24.3. The lowest BCUT2D eigenvalue weighted by Crippen LogP contribution is -2.25. The van der Waals surface area contributed by atoms with E-state index < -0.39 is 6.09 Å². The molecule has 0 aliphatic carbocycles. The normalized spacial score (nSPS) is 11.6. The average molecular weight is 370 g/mol. The standard InChI is InChI=1S/C21H26N2O4/c1-15(24)16-5-9-18(10-6-16)26-14-13-20(22-2)17-7-11-19(12-8-17)27-21(25)23(3)4/h5-12,20,22H,13-14H2,1-4H3. The van der Waals surface area contributed by atoms with Crippen molar-refractivity contribution in [3.8, 4) is 11.5 Å². The van der Waals surface area contributed by atoms with Crippen LogP contribution in [0.1, 0.15) is 35.3 Å². The Bertz CT molecular complexity index is 755. The van der Waals surface area contributed by atoms with Crippen molar-refractivity contribution < 1.29 is 19.1 Å². The number of ketones is 1. The number of Topliss-reactive ketones (excluding diaryl/α,β-unsaturated/α-hetero) is 1. The number of carbonyl (C=O) groups is 2. The van der Waals surface area contributed by atoms with Crippen LogP contribution in [-0.2, 0) is 0 Å². The molecule has 0 aliphatic heterocycles. The number of carbonyl (C=O) groups excluding carboxylic acids is 2. The molecule has 1 N–H and O–H groups in total. The lowest BCUT2D eigenvalue weighted by atomic mass is 10.0. The first-order valence-corrected chi connectivity index (χ1v) is 8.81. The maximum Gasteiger partial charge on any atom is 0.414 e. The molecular weight excluding hydrogens is 344 g/mol. The highest BCUT2D eigenvalue weighted by Gasteiger charge is 2.11. The van der Waals surface area contributed by atoms with Gasteiger partial charge in [0, 0.05) is 32.1 Å². The molecular formula is C21H26N2O4. The van der Waals surface area contributed by atoms with Crippen LogP contribution in [0.3, 0.4) is 0 Å². The third-order valence-corrected chi connectivity index (χ3v) is 4.14.